The third-order valence-corrected chi connectivity index (χ3v) is 5.29. The van der Waals surface area contributed by atoms with E-state index >= 15 is 0 Å². The molecule has 0 amide bonds. The molecule has 0 saturated heterocycles. The van der Waals surface area contributed by atoms with E-state index in [2.05, 4.69) is 5.32 Å². The van der Waals surface area contributed by atoms with E-state index in [9.17, 15) is 15.0 Å². The number of fused-ring (bicyclic) bond motifs is 1. The number of phenols is 2. The van der Waals surface area contributed by atoms with Gasteiger partial charge in [-0.1, -0.05) is 60.7 Å². The van der Waals surface area contributed by atoms with E-state index in [0.29, 0.717) is 11.1 Å². The smallest absolute Gasteiger partial charge is 0.331 e. The highest BCUT2D eigenvalue weighted by molar-refractivity contribution is 5.87. The summed E-state index contributed by atoms with van der Waals surface area (Å²) in [5.74, 6) is -0.551. The maximum absolute atomic E-state index is 13.1. The first kappa shape index (κ1) is 18.1. The molecule has 0 aromatic heterocycles. The molecule has 0 fully saturated rings. The van der Waals surface area contributed by atoms with Crippen LogP contribution in [-0.4, -0.2) is 23.3 Å². The number of phenolic OH excluding ortho intramolecular Hbond substituents is 2. The fourth-order valence-corrected chi connectivity index (χ4v) is 4.07. The van der Waals surface area contributed by atoms with Gasteiger partial charge in [0.15, 0.2) is 5.54 Å². The van der Waals surface area contributed by atoms with Gasteiger partial charge in [-0.3, -0.25) is 5.32 Å². The minimum Gasteiger partial charge on any atom is -0.508 e. The summed E-state index contributed by atoms with van der Waals surface area (Å²) in [7, 11) is 1.33. The molecule has 3 aromatic rings. The van der Waals surface area contributed by atoms with Gasteiger partial charge in [0, 0.05) is 17.5 Å². The number of esters is 1. The van der Waals surface area contributed by atoms with Crippen LogP contribution >= 0.6 is 0 Å². The Morgan fingerprint density at radius 1 is 0.964 bits per heavy atom. The molecule has 2 atom stereocenters. The van der Waals surface area contributed by atoms with Crippen LogP contribution in [0.3, 0.4) is 0 Å². The molecule has 0 unspecified atom stereocenters. The zero-order valence-electron chi connectivity index (χ0n) is 15.4. The van der Waals surface area contributed by atoms with Crippen molar-refractivity contribution in [2.45, 2.75) is 18.0 Å². The average molecular weight is 375 g/mol. The molecule has 28 heavy (non-hydrogen) atoms. The summed E-state index contributed by atoms with van der Waals surface area (Å²) in [5.41, 5.74) is 1.31. The van der Waals surface area contributed by atoms with Crippen LogP contribution in [0.1, 0.15) is 28.3 Å². The first-order chi connectivity index (χ1) is 13.6. The maximum Gasteiger partial charge on any atom is 0.331 e. The first-order valence-corrected chi connectivity index (χ1v) is 9.07. The zero-order valence-corrected chi connectivity index (χ0v) is 15.4. The fraction of sp³-hybridized carbons (Fsp3) is 0.174. The molecule has 0 radical (unpaired) electrons. The molecule has 0 spiro atoms. The predicted molar refractivity (Wildman–Crippen MR) is 105 cm³/mol. The predicted octanol–water partition coefficient (Wildman–Crippen LogP) is 3.40. The molecule has 4 rings (SSSR count). The molecule has 0 aliphatic carbocycles. The minimum absolute atomic E-state index is 0.0213. The number of carbonyl (C=O) groups is 1. The molecule has 0 saturated carbocycles. The normalized spacial score (nSPS) is 20.5. The van der Waals surface area contributed by atoms with Crippen molar-refractivity contribution in [3.8, 4) is 11.5 Å². The number of carbonyl (C=O) groups excluding carboxylic acids is 1. The van der Waals surface area contributed by atoms with Gasteiger partial charge in [0.05, 0.1) is 13.2 Å². The Labute approximate surface area is 163 Å². The number of rotatable bonds is 4. The summed E-state index contributed by atoms with van der Waals surface area (Å²) in [4.78, 5) is 13.1. The van der Waals surface area contributed by atoms with E-state index in [0.717, 1.165) is 11.1 Å². The van der Waals surface area contributed by atoms with Gasteiger partial charge in [-0.15, -0.1) is 0 Å². The van der Waals surface area contributed by atoms with Crippen LogP contribution in [0.2, 0.25) is 0 Å². The molecule has 5 heteroatoms. The Balaban J connectivity index is 1.95. The lowest BCUT2D eigenvalue weighted by Crippen LogP contribution is -2.48. The molecule has 3 aromatic carbocycles. The Morgan fingerprint density at radius 2 is 1.57 bits per heavy atom. The van der Waals surface area contributed by atoms with Crippen LogP contribution in [0.15, 0.2) is 72.8 Å². The van der Waals surface area contributed by atoms with Crippen LogP contribution in [-0.2, 0) is 21.5 Å². The van der Waals surface area contributed by atoms with Crippen LogP contribution in [0.25, 0.3) is 0 Å². The van der Waals surface area contributed by atoms with Crippen molar-refractivity contribution >= 4 is 5.97 Å². The monoisotopic (exact) mass is 375 g/mol. The number of hydrogen-bond acceptors (Lipinski definition) is 5. The Bertz CT molecular complexity index is 1000. The van der Waals surface area contributed by atoms with Crippen molar-refractivity contribution in [2.24, 2.45) is 0 Å². The zero-order chi connectivity index (χ0) is 19.7. The van der Waals surface area contributed by atoms with Gasteiger partial charge in [0.2, 0.25) is 0 Å². The van der Waals surface area contributed by atoms with Crippen molar-refractivity contribution in [2.75, 3.05) is 7.11 Å². The number of benzene rings is 3. The van der Waals surface area contributed by atoms with Crippen molar-refractivity contribution in [3.05, 3.63) is 95.1 Å². The standard InChI is InChI=1S/C23H21NO4/c1-28-22(27)23(14-15-8-4-2-5-9-15)20-18(26)13-12-17(25)19(20)21(24-23)16-10-6-3-7-11-16/h2-13,21,24-26H,14H2,1H3/t21-,23-/m1/s1. The number of ether oxygens (including phenoxy) is 1. The summed E-state index contributed by atoms with van der Waals surface area (Å²) in [6.07, 6.45) is 0.272. The van der Waals surface area contributed by atoms with Gasteiger partial charge in [-0.2, -0.15) is 0 Å². The molecular formula is C23H21NO4. The van der Waals surface area contributed by atoms with E-state index in [1.54, 1.807) is 0 Å². The van der Waals surface area contributed by atoms with E-state index < -0.39 is 17.6 Å². The fourth-order valence-electron chi connectivity index (χ4n) is 4.07. The highest BCUT2D eigenvalue weighted by atomic mass is 16.5. The minimum atomic E-state index is -1.32. The summed E-state index contributed by atoms with van der Waals surface area (Å²) in [6.45, 7) is 0. The van der Waals surface area contributed by atoms with Gasteiger partial charge in [0.1, 0.15) is 11.5 Å². The van der Waals surface area contributed by atoms with Crippen molar-refractivity contribution in [1.29, 1.82) is 0 Å². The molecule has 1 aliphatic rings. The van der Waals surface area contributed by atoms with E-state index in [4.69, 9.17) is 4.74 Å². The highest BCUT2D eigenvalue weighted by Crippen LogP contribution is 2.50. The molecule has 3 N–H and O–H groups in total. The summed E-state index contributed by atoms with van der Waals surface area (Å²) in [5, 5.41) is 24.7. The number of methoxy groups -OCH3 is 1. The van der Waals surface area contributed by atoms with Gasteiger partial charge in [-0.25, -0.2) is 4.79 Å². The Hall–Kier alpha value is -3.31. The van der Waals surface area contributed by atoms with Crippen LogP contribution in [0, 0.1) is 0 Å². The Morgan fingerprint density at radius 3 is 2.21 bits per heavy atom. The van der Waals surface area contributed by atoms with E-state index in [1.165, 1.54) is 19.2 Å². The van der Waals surface area contributed by atoms with E-state index in [1.807, 2.05) is 60.7 Å². The summed E-state index contributed by atoms with van der Waals surface area (Å²) < 4.78 is 5.15. The lowest BCUT2D eigenvalue weighted by Gasteiger charge is -2.29. The van der Waals surface area contributed by atoms with Crippen molar-refractivity contribution < 1.29 is 19.7 Å². The average Bonchev–Trinajstić information content (AvgIpc) is 3.09. The van der Waals surface area contributed by atoms with Crippen molar-refractivity contribution in [1.82, 2.24) is 5.32 Å². The molecular weight excluding hydrogens is 354 g/mol. The maximum atomic E-state index is 13.1. The van der Waals surface area contributed by atoms with E-state index in [-0.39, 0.29) is 17.9 Å². The number of aromatic hydroxyl groups is 2. The number of hydrogen-bond donors (Lipinski definition) is 3. The molecule has 1 heterocycles. The van der Waals surface area contributed by atoms with Crippen LogP contribution < -0.4 is 5.32 Å². The summed E-state index contributed by atoms with van der Waals surface area (Å²) >= 11 is 0. The summed E-state index contributed by atoms with van der Waals surface area (Å²) in [6, 6.07) is 21.4. The molecule has 0 bridgehead atoms. The van der Waals surface area contributed by atoms with Gasteiger partial charge in [0.25, 0.3) is 0 Å². The third-order valence-electron chi connectivity index (χ3n) is 5.29. The highest BCUT2D eigenvalue weighted by Gasteiger charge is 2.53. The number of nitrogens with one attached hydrogen (secondary N) is 1. The topological polar surface area (TPSA) is 78.8 Å². The SMILES string of the molecule is COC(=O)[C@]1(Cc2ccccc2)N[C@H](c2ccccc2)c2c(O)ccc(O)c21. The van der Waals surface area contributed by atoms with Crippen molar-refractivity contribution in [3.63, 3.8) is 0 Å². The van der Waals surface area contributed by atoms with Gasteiger partial charge >= 0.3 is 5.97 Å². The van der Waals surface area contributed by atoms with Gasteiger partial charge < -0.3 is 14.9 Å². The molecule has 5 nitrogen and oxygen atoms in total. The first-order valence-electron chi connectivity index (χ1n) is 9.07. The lowest BCUT2D eigenvalue weighted by atomic mass is 9.83. The van der Waals surface area contributed by atoms with Crippen LogP contribution in [0.4, 0.5) is 0 Å². The third kappa shape index (κ3) is 2.80. The molecule has 1 aliphatic heterocycles. The lowest BCUT2D eigenvalue weighted by molar-refractivity contribution is -0.149. The Kier molecular flexibility index (Phi) is 4.53. The molecule has 142 valence electrons. The quantitative estimate of drug-likeness (QED) is 0.481. The second kappa shape index (κ2) is 7.02. The van der Waals surface area contributed by atoms with Gasteiger partial charge in [-0.05, 0) is 23.3 Å². The largest absolute Gasteiger partial charge is 0.508 e. The second-order valence-corrected chi connectivity index (χ2v) is 6.94. The van der Waals surface area contributed by atoms with Crippen LogP contribution in [0.5, 0.6) is 11.5 Å². The second-order valence-electron chi connectivity index (χ2n) is 6.94.